The monoisotopic (exact) mass is 1270 g/mol. The number of thiophene rings is 4. The molecule has 89 heavy (non-hydrogen) atoms. The van der Waals surface area contributed by atoms with Gasteiger partial charge in [0.15, 0.2) is 0 Å². The molecule has 4 aromatic carbocycles. The number of nitrogens with zero attached hydrogens (tertiary/aromatic N) is 2. The minimum Gasteiger partial charge on any atom is -0.493 e. The highest BCUT2D eigenvalue weighted by Gasteiger charge is 2.52. The lowest BCUT2D eigenvalue weighted by atomic mass is 9.81. The Balaban J connectivity index is 1.07. The van der Waals surface area contributed by atoms with E-state index in [1.54, 1.807) is 11.3 Å². The van der Waals surface area contributed by atoms with Gasteiger partial charge in [-0.3, -0.25) is 9.59 Å². The van der Waals surface area contributed by atoms with Gasteiger partial charge in [0.25, 0.3) is 11.8 Å². The average molecular weight is 1270 g/mol. The number of hydrogen-bond donors (Lipinski definition) is 0. The van der Waals surface area contributed by atoms with Crippen LogP contribution in [0.25, 0.3) is 56.2 Å². The van der Waals surface area contributed by atoms with E-state index >= 15 is 9.59 Å². The second-order valence-corrected chi connectivity index (χ2v) is 32.3. The normalized spacial score (nSPS) is 14.2. The minimum atomic E-state index is -0.381. The Morgan fingerprint density at radius 1 is 0.494 bits per heavy atom. The molecule has 6 nitrogen and oxygen atoms in total. The van der Waals surface area contributed by atoms with Crippen LogP contribution in [0, 0.1) is 29.1 Å². The molecule has 10 heteroatoms. The van der Waals surface area contributed by atoms with Gasteiger partial charge in [0.1, 0.15) is 11.5 Å². The third kappa shape index (κ3) is 14.8. The van der Waals surface area contributed by atoms with Crippen molar-refractivity contribution < 1.29 is 19.1 Å². The van der Waals surface area contributed by atoms with Crippen molar-refractivity contribution in [3.63, 3.8) is 0 Å². The van der Waals surface area contributed by atoms with Gasteiger partial charge in [-0.25, -0.2) is 0 Å². The molecule has 0 unspecified atom stereocenters. The van der Waals surface area contributed by atoms with Gasteiger partial charge in [-0.2, -0.15) is 0 Å². The summed E-state index contributed by atoms with van der Waals surface area (Å²) in [6.45, 7) is 35.5. The zero-order valence-electron chi connectivity index (χ0n) is 55.7. The van der Waals surface area contributed by atoms with E-state index in [0.717, 1.165) is 136 Å². The second kappa shape index (κ2) is 28.8. The van der Waals surface area contributed by atoms with E-state index in [4.69, 9.17) is 9.47 Å². The van der Waals surface area contributed by atoms with Crippen LogP contribution in [-0.2, 0) is 40.7 Å². The van der Waals surface area contributed by atoms with Crippen molar-refractivity contribution in [2.24, 2.45) is 29.1 Å². The Labute approximate surface area is 549 Å². The topological polar surface area (TPSA) is 59.1 Å². The number of ether oxygens (including phenoxy) is 2. The summed E-state index contributed by atoms with van der Waals surface area (Å²) in [5.74, 6) is 3.25. The molecule has 6 heterocycles. The lowest BCUT2D eigenvalue weighted by molar-refractivity contribution is -0.125. The van der Waals surface area contributed by atoms with Gasteiger partial charge in [-0.05, 0) is 213 Å². The first kappa shape index (κ1) is 66.2. The molecule has 10 rings (SSSR count). The molecule has 0 atom stereocenters. The van der Waals surface area contributed by atoms with Crippen molar-refractivity contribution in [1.82, 2.24) is 9.80 Å². The first-order valence-corrected chi connectivity index (χ1v) is 36.8. The van der Waals surface area contributed by atoms with Gasteiger partial charge < -0.3 is 19.3 Å². The molecule has 0 N–H and O–H groups in total. The molecule has 0 fully saturated rings. The van der Waals surface area contributed by atoms with Crippen molar-refractivity contribution in [1.29, 1.82) is 0 Å². The second-order valence-electron chi connectivity index (χ2n) is 28.1. The van der Waals surface area contributed by atoms with Crippen LogP contribution in [0.5, 0.6) is 11.5 Å². The fourth-order valence-electron chi connectivity index (χ4n) is 13.1. The molecule has 0 bridgehead atoms. The number of unbranched alkanes of at least 4 members (excludes halogenated alkanes) is 4. The van der Waals surface area contributed by atoms with Crippen LogP contribution in [-0.4, -0.2) is 47.9 Å². The molecule has 4 aromatic heterocycles. The van der Waals surface area contributed by atoms with Crippen LogP contribution >= 0.6 is 45.3 Å². The molecule has 0 radical (unpaired) electrons. The number of carbonyl (C=O) groups is 2. The Morgan fingerprint density at radius 2 is 0.966 bits per heavy atom. The first-order chi connectivity index (χ1) is 42.7. The number of amides is 2. The average Bonchev–Trinajstić information content (AvgIpc) is 1.71. The van der Waals surface area contributed by atoms with Crippen molar-refractivity contribution in [3.05, 3.63) is 159 Å². The maximum atomic E-state index is 15.2. The van der Waals surface area contributed by atoms with E-state index in [1.165, 1.54) is 72.7 Å². The molecule has 2 aliphatic heterocycles. The lowest BCUT2D eigenvalue weighted by Gasteiger charge is -2.35. The van der Waals surface area contributed by atoms with Crippen LogP contribution in [0.3, 0.4) is 0 Å². The predicted octanol–water partition coefficient (Wildman–Crippen LogP) is 22.7. The van der Waals surface area contributed by atoms with E-state index in [0.29, 0.717) is 36.1 Å². The Morgan fingerprint density at radius 3 is 1.46 bits per heavy atom. The molecule has 0 spiro atoms. The molecular weight excluding hydrogens is 1170 g/mol. The molecule has 472 valence electrons. The highest BCUT2D eigenvalue weighted by Crippen LogP contribution is 2.53. The number of fused-ring (bicyclic) bond motifs is 6. The first-order valence-electron chi connectivity index (χ1n) is 33.5. The highest BCUT2D eigenvalue weighted by molar-refractivity contribution is 7.28. The van der Waals surface area contributed by atoms with E-state index < -0.39 is 0 Å². The number of rotatable bonds is 32. The van der Waals surface area contributed by atoms with Gasteiger partial charge in [-0.1, -0.05) is 127 Å². The number of allylic oxidation sites excluding steroid dienone is 2. The third-order valence-corrected chi connectivity index (χ3v) is 23.6. The van der Waals surface area contributed by atoms with Crippen molar-refractivity contribution in [2.45, 2.75) is 185 Å². The van der Waals surface area contributed by atoms with Gasteiger partial charge in [0.2, 0.25) is 0 Å². The largest absolute Gasteiger partial charge is 0.493 e. The lowest BCUT2D eigenvalue weighted by Crippen LogP contribution is -2.38. The summed E-state index contributed by atoms with van der Waals surface area (Å²) in [6, 6.07) is 36.9. The van der Waals surface area contributed by atoms with Crippen LogP contribution in [0.1, 0.15) is 186 Å². The van der Waals surface area contributed by atoms with Crippen LogP contribution in [0.15, 0.2) is 127 Å². The molecule has 8 aromatic rings. The van der Waals surface area contributed by atoms with Crippen LogP contribution in [0.4, 0.5) is 0 Å². The maximum Gasteiger partial charge on any atom is 0.261 e. The van der Waals surface area contributed by atoms with E-state index in [2.05, 4.69) is 194 Å². The Hall–Kier alpha value is -5.78. The Bertz CT molecular complexity index is 3850. The van der Waals surface area contributed by atoms with Crippen LogP contribution < -0.4 is 9.47 Å². The molecule has 0 saturated carbocycles. The quantitative estimate of drug-likeness (QED) is 0.0311. The molecule has 0 saturated heterocycles. The summed E-state index contributed by atoms with van der Waals surface area (Å²) in [5.41, 5.74) is 8.23. The van der Waals surface area contributed by atoms with Gasteiger partial charge in [0.05, 0.1) is 34.9 Å². The van der Waals surface area contributed by atoms with Crippen LogP contribution in [0.2, 0.25) is 0 Å². The predicted molar refractivity (Wildman–Crippen MR) is 386 cm³/mol. The zero-order valence-corrected chi connectivity index (χ0v) is 59.0. The van der Waals surface area contributed by atoms with Gasteiger partial charge in [-0.15, -0.1) is 51.9 Å². The van der Waals surface area contributed by atoms with E-state index in [9.17, 15) is 0 Å². The van der Waals surface area contributed by atoms with Crippen molar-refractivity contribution in [2.75, 3.05) is 26.3 Å². The SMILES string of the molecule is C=CCCCCC(C)(C)C1=C2C(=O)N(CC(C)C)C(c3ccc(-c4cc5c(CCCCc6ccc(OCC(C)C)cc6)cc6c(cc(CCCCc7ccc(OCC(C)C)cc7)c7cc(-c8ccc(C(C)(CC)CC)s8)sc76)c5s4)s3)=C2C(=O)N1CC(C)C. The van der Waals surface area contributed by atoms with E-state index in [1.807, 2.05) is 49.9 Å². The molecule has 2 aliphatic rings. The van der Waals surface area contributed by atoms with Gasteiger partial charge >= 0.3 is 0 Å². The zero-order chi connectivity index (χ0) is 63.3. The minimum absolute atomic E-state index is 0.0295. The Kier molecular flexibility index (Phi) is 21.4. The molecule has 0 aliphatic carbocycles. The summed E-state index contributed by atoms with van der Waals surface area (Å²) in [4.78, 5) is 41.9. The van der Waals surface area contributed by atoms with Crippen molar-refractivity contribution in [3.8, 4) is 31.0 Å². The number of hydrogen-bond acceptors (Lipinski definition) is 8. The third-order valence-electron chi connectivity index (χ3n) is 18.4. The smallest absolute Gasteiger partial charge is 0.261 e. The molecular formula is C79H98N2O4S4. The standard InChI is InChI=1S/C79H98N2O4S4/c1-15-18-19-24-41-78(12,13)75-71-70(76(82)81(75)47-51(6)7)72(80(77(71)83)46-50(4)5)66-38-37-64(86-66)67-44-60-56(27-22-20-25-54-29-33-58(34-30-54)84-48-52(8)9)42-63-62(73(60)88-67)43-57(28-23-21-26-55-31-35-59(36-32-55)85-49-53(10)11)61-45-68(89-74(61)63)65-39-40-69(87-65)79(14,16-2)17-3/h15,29-40,42-45,50-53H,1,16-28,41,46-49H2,2-14H3. The fourth-order valence-corrected chi connectivity index (χ4v) is 18.0. The summed E-state index contributed by atoms with van der Waals surface area (Å²) in [5, 5.41) is 5.43. The molecule has 2 amide bonds. The number of benzene rings is 4. The maximum absolute atomic E-state index is 15.2. The highest BCUT2D eigenvalue weighted by atomic mass is 32.1. The summed E-state index contributed by atoms with van der Waals surface area (Å²) in [7, 11) is 0. The summed E-state index contributed by atoms with van der Waals surface area (Å²) >= 11 is 7.63. The summed E-state index contributed by atoms with van der Waals surface area (Å²) in [6.07, 6.45) is 16.5. The summed E-state index contributed by atoms with van der Waals surface area (Å²) < 4.78 is 14.8. The fraction of sp³-hybridized carbons (Fsp3) is 0.468. The number of aryl methyl sites for hydroxylation is 4. The van der Waals surface area contributed by atoms with Gasteiger partial charge in [0, 0.05) is 74.2 Å². The number of carbonyl (C=O) groups excluding carboxylic acids is 2. The van der Waals surface area contributed by atoms with E-state index in [-0.39, 0.29) is 34.5 Å². The van der Waals surface area contributed by atoms with Crippen molar-refractivity contribution >= 4 is 93.8 Å².